The van der Waals surface area contributed by atoms with Crippen LogP contribution in [0.3, 0.4) is 0 Å². The first kappa shape index (κ1) is 15.1. The lowest BCUT2D eigenvalue weighted by atomic mass is 10.0. The van der Waals surface area contributed by atoms with Gasteiger partial charge in [0.2, 0.25) is 0 Å². The van der Waals surface area contributed by atoms with Crippen LogP contribution in [0.5, 0.6) is 5.75 Å². The number of aryl methyl sites for hydroxylation is 1. The number of nitrogen functional groups attached to an aromatic ring is 1. The van der Waals surface area contributed by atoms with Crippen LogP contribution in [0.2, 0.25) is 0 Å². The second kappa shape index (κ2) is 6.53. The van der Waals surface area contributed by atoms with E-state index in [0.717, 1.165) is 11.1 Å². The maximum Gasteiger partial charge on any atom is 0.131 e. The van der Waals surface area contributed by atoms with E-state index < -0.39 is 0 Å². The SMILES string of the molecule is Cc1ccc(F)c(-c2cc(N)ccc2OCc2ccccc2)c1. The maximum absolute atomic E-state index is 14.2. The molecule has 0 heterocycles. The van der Waals surface area contributed by atoms with E-state index in [1.165, 1.54) is 6.07 Å². The second-order valence-corrected chi connectivity index (χ2v) is 5.51. The summed E-state index contributed by atoms with van der Waals surface area (Å²) in [5, 5.41) is 0. The molecule has 0 saturated heterocycles. The summed E-state index contributed by atoms with van der Waals surface area (Å²) in [5.41, 5.74) is 9.67. The first-order valence-corrected chi connectivity index (χ1v) is 7.46. The molecule has 0 unspecified atom stereocenters. The van der Waals surface area contributed by atoms with E-state index in [9.17, 15) is 4.39 Å². The quantitative estimate of drug-likeness (QED) is 0.691. The third-order valence-corrected chi connectivity index (χ3v) is 3.65. The molecule has 3 rings (SSSR count). The Labute approximate surface area is 135 Å². The Hall–Kier alpha value is -2.81. The molecule has 0 aliphatic rings. The summed E-state index contributed by atoms with van der Waals surface area (Å²) >= 11 is 0. The van der Waals surface area contributed by atoms with E-state index >= 15 is 0 Å². The molecule has 116 valence electrons. The predicted molar refractivity (Wildman–Crippen MR) is 91.8 cm³/mol. The van der Waals surface area contributed by atoms with Gasteiger partial charge in [0.25, 0.3) is 0 Å². The van der Waals surface area contributed by atoms with Gasteiger partial charge in [-0.25, -0.2) is 4.39 Å². The molecule has 0 fully saturated rings. The number of rotatable bonds is 4. The number of ether oxygens (including phenoxy) is 1. The van der Waals surface area contributed by atoms with Gasteiger partial charge in [-0.1, -0.05) is 42.0 Å². The molecule has 0 atom stereocenters. The summed E-state index contributed by atoms with van der Waals surface area (Å²) in [6, 6.07) is 20.2. The zero-order valence-electron chi connectivity index (χ0n) is 12.9. The second-order valence-electron chi connectivity index (χ2n) is 5.51. The molecule has 0 amide bonds. The van der Waals surface area contributed by atoms with Gasteiger partial charge in [0.05, 0.1) is 0 Å². The smallest absolute Gasteiger partial charge is 0.131 e. The summed E-state index contributed by atoms with van der Waals surface area (Å²) in [6.45, 7) is 2.35. The third-order valence-electron chi connectivity index (χ3n) is 3.65. The number of benzene rings is 3. The molecule has 0 aliphatic heterocycles. The van der Waals surface area contributed by atoms with Crippen LogP contribution < -0.4 is 10.5 Å². The summed E-state index contributed by atoms with van der Waals surface area (Å²) in [4.78, 5) is 0. The van der Waals surface area contributed by atoms with Gasteiger partial charge in [0, 0.05) is 16.8 Å². The van der Waals surface area contributed by atoms with Gasteiger partial charge in [-0.15, -0.1) is 0 Å². The van der Waals surface area contributed by atoms with Crippen LogP contribution in [0.1, 0.15) is 11.1 Å². The molecular formula is C20H18FNO. The van der Waals surface area contributed by atoms with Crippen molar-refractivity contribution in [3.05, 3.63) is 83.7 Å². The standard InChI is InChI=1S/C20H18FNO/c1-14-7-9-19(21)17(11-14)18-12-16(22)8-10-20(18)23-13-15-5-3-2-4-6-15/h2-12H,13,22H2,1H3. The topological polar surface area (TPSA) is 35.2 Å². The van der Waals surface area contributed by atoms with E-state index in [1.807, 2.05) is 37.3 Å². The van der Waals surface area contributed by atoms with Gasteiger partial charge in [0.15, 0.2) is 0 Å². The minimum Gasteiger partial charge on any atom is -0.488 e. The van der Waals surface area contributed by atoms with E-state index in [1.54, 1.807) is 30.3 Å². The van der Waals surface area contributed by atoms with Crippen LogP contribution >= 0.6 is 0 Å². The Morgan fingerprint density at radius 2 is 1.70 bits per heavy atom. The fourth-order valence-corrected chi connectivity index (χ4v) is 2.46. The van der Waals surface area contributed by atoms with Gasteiger partial charge >= 0.3 is 0 Å². The molecule has 3 heteroatoms. The Morgan fingerprint density at radius 1 is 0.913 bits per heavy atom. The maximum atomic E-state index is 14.2. The number of hydrogen-bond donors (Lipinski definition) is 1. The molecule has 0 bridgehead atoms. The normalized spacial score (nSPS) is 10.5. The Balaban J connectivity index is 1.96. The molecule has 2 nitrogen and oxygen atoms in total. The highest BCUT2D eigenvalue weighted by atomic mass is 19.1. The lowest BCUT2D eigenvalue weighted by Gasteiger charge is -2.14. The Bertz CT molecular complexity index is 815. The highest BCUT2D eigenvalue weighted by Gasteiger charge is 2.12. The van der Waals surface area contributed by atoms with Crippen molar-refractivity contribution < 1.29 is 9.13 Å². The molecule has 0 aromatic heterocycles. The van der Waals surface area contributed by atoms with Crippen LogP contribution in [-0.4, -0.2) is 0 Å². The fraction of sp³-hybridized carbons (Fsp3) is 0.100. The zero-order chi connectivity index (χ0) is 16.2. The largest absolute Gasteiger partial charge is 0.488 e. The highest BCUT2D eigenvalue weighted by molar-refractivity contribution is 5.74. The zero-order valence-corrected chi connectivity index (χ0v) is 12.9. The van der Waals surface area contributed by atoms with Crippen molar-refractivity contribution in [3.63, 3.8) is 0 Å². The molecule has 0 radical (unpaired) electrons. The van der Waals surface area contributed by atoms with Gasteiger partial charge < -0.3 is 10.5 Å². The fourth-order valence-electron chi connectivity index (χ4n) is 2.46. The number of hydrogen-bond acceptors (Lipinski definition) is 2. The van der Waals surface area contributed by atoms with Crippen LogP contribution in [0.15, 0.2) is 66.7 Å². The molecule has 0 saturated carbocycles. The minimum atomic E-state index is -0.286. The first-order chi connectivity index (χ1) is 11.1. The van der Waals surface area contributed by atoms with Crippen molar-refractivity contribution in [1.29, 1.82) is 0 Å². The summed E-state index contributed by atoms with van der Waals surface area (Å²) in [6.07, 6.45) is 0. The van der Waals surface area contributed by atoms with Gasteiger partial charge in [-0.2, -0.15) is 0 Å². The molecule has 3 aromatic rings. The van der Waals surface area contributed by atoms with Crippen LogP contribution in [0, 0.1) is 12.7 Å². The average molecular weight is 307 g/mol. The number of nitrogens with two attached hydrogens (primary N) is 1. The summed E-state index contributed by atoms with van der Waals surface area (Å²) in [7, 11) is 0. The van der Waals surface area contributed by atoms with Gasteiger partial charge in [0.1, 0.15) is 18.2 Å². The summed E-state index contributed by atoms with van der Waals surface area (Å²) in [5.74, 6) is 0.332. The monoisotopic (exact) mass is 307 g/mol. The van der Waals surface area contributed by atoms with E-state index in [2.05, 4.69) is 0 Å². The molecule has 3 aromatic carbocycles. The number of halogens is 1. The van der Waals surface area contributed by atoms with Crippen molar-refractivity contribution in [2.75, 3.05) is 5.73 Å². The first-order valence-electron chi connectivity index (χ1n) is 7.46. The molecule has 23 heavy (non-hydrogen) atoms. The molecule has 0 spiro atoms. The molecule has 0 aliphatic carbocycles. The lowest BCUT2D eigenvalue weighted by molar-refractivity contribution is 0.307. The van der Waals surface area contributed by atoms with E-state index in [4.69, 9.17) is 10.5 Å². The average Bonchev–Trinajstić information content (AvgIpc) is 2.57. The van der Waals surface area contributed by atoms with Crippen LogP contribution in [-0.2, 0) is 6.61 Å². The van der Waals surface area contributed by atoms with Gasteiger partial charge in [-0.3, -0.25) is 0 Å². The van der Waals surface area contributed by atoms with Crippen molar-refractivity contribution in [3.8, 4) is 16.9 Å². The van der Waals surface area contributed by atoms with E-state index in [0.29, 0.717) is 29.2 Å². The minimum absolute atomic E-state index is 0.286. The Morgan fingerprint density at radius 3 is 2.48 bits per heavy atom. The van der Waals surface area contributed by atoms with Crippen LogP contribution in [0.25, 0.3) is 11.1 Å². The Kier molecular flexibility index (Phi) is 4.29. The lowest BCUT2D eigenvalue weighted by Crippen LogP contribution is -1.99. The molecule has 2 N–H and O–H groups in total. The predicted octanol–water partition coefficient (Wildman–Crippen LogP) is 4.96. The summed E-state index contributed by atoms with van der Waals surface area (Å²) < 4.78 is 20.1. The van der Waals surface area contributed by atoms with Crippen molar-refractivity contribution in [1.82, 2.24) is 0 Å². The van der Waals surface area contributed by atoms with Crippen molar-refractivity contribution >= 4 is 5.69 Å². The van der Waals surface area contributed by atoms with Crippen LogP contribution in [0.4, 0.5) is 10.1 Å². The van der Waals surface area contributed by atoms with Crippen molar-refractivity contribution in [2.24, 2.45) is 0 Å². The third kappa shape index (κ3) is 3.51. The number of anilines is 1. The van der Waals surface area contributed by atoms with Gasteiger partial charge in [-0.05, 0) is 42.8 Å². The molecular weight excluding hydrogens is 289 g/mol. The van der Waals surface area contributed by atoms with E-state index in [-0.39, 0.29) is 5.82 Å². The highest BCUT2D eigenvalue weighted by Crippen LogP contribution is 2.34. The van der Waals surface area contributed by atoms with Crippen molar-refractivity contribution in [2.45, 2.75) is 13.5 Å².